The van der Waals surface area contributed by atoms with Crippen LogP contribution < -0.4 is 5.32 Å². The lowest BCUT2D eigenvalue weighted by Crippen LogP contribution is -2.40. The van der Waals surface area contributed by atoms with Crippen LogP contribution in [0.3, 0.4) is 0 Å². The summed E-state index contributed by atoms with van der Waals surface area (Å²) < 4.78 is 0. The molecular formula is C12H27NO. The minimum atomic E-state index is 0.251. The van der Waals surface area contributed by atoms with E-state index in [-0.39, 0.29) is 12.6 Å². The molecule has 0 bridgehead atoms. The molecule has 0 aliphatic carbocycles. The lowest BCUT2D eigenvalue weighted by Gasteiger charge is -2.24. The number of rotatable bonds is 7. The third-order valence-electron chi connectivity index (χ3n) is 2.32. The minimum absolute atomic E-state index is 0.251. The van der Waals surface area contributed by atoms with Crippen LogP contribution >= 0.6 is 0 Å². The van der Waals surface area contributed by atoms with Crippen molar-refractivity contribution in [2.45, 2.75) is 59.5 Å². The van der Waals surface area contributed by atoms with Crippen molar-refractivity contribution in [1.29, 1.82) is 0 Å². The van der Waals surface area contributed by atoms with Gasteiger partial charge in [0, 0.05) is 12.1 Å². The van der Waals surface area contributed by atoms with Gasteiger partial charge in [0.25, 0.3) is 0 Å². The fourth-order valence-corrected chi connectivity index (χ4v) is 1.94. The summed E-state index contributed by atoms with van der Waals surface area (Å²) in [5.41, 5.74) is 0. The predicted octanol–water partition coefficient (Wildman–Crippen LogP) is 2.42. The first-order valence-electron chi connectivity index (χ1n) is 5.82. The summed E-state index contributed by atoms with van der Waals surface area (Å²) in [4.78, 5) is 0. The van der Waals surface area contributed by atoms with Crippen molar-refractivity contribution in [3.63, 3.8) is 0 Å². The topological polar surface area (TPSA) is 32.3 Å². The van der Waals surface area contributed by atoms with E-state index in [1.807, 2.05) is 0 Å². The van der Waals surface area contributed by atoms with Crippen molar-refractivity contribution >= 4 is 0 Å². The average molecular weight is 201 g/mol. The fourth-order valence-electron chi connectivity index (χ4n) is 1.94. The van der Waals surface area contributed by atoms with Gasteiger partial charge in [-0.15, -0.1) is 0 Å². The second-order valence-corrected chi connectivity index (χ2v) is 5.21. The Balaban J connectivity index is 3.79. The van der Waals surface area contributed by atoms with Crippen LogP contribution in [0.5, 0.6) is 0 Å². The molecule has 0 saturated heterocycles. The molecule has 0 aromatic heterocycles. The Morgan fingerprint density at radius 3 is 1.79 bits per heavy atom. The number of hydrogen-bond donors (Lipinski definition) is 2. The van der Waals surface area contributed by atoms with Crippen LogP contribution in [-0.4, -0.2) is 23.8 Å². The molecule has 0 aliphatic rings. The highest BCUT2D eigenvalue weighted by atomic mass is 16.3. The van der Waals surface area contributed by atoms with Crippen molar-refractivity contribution in [2.75, 3.05) is 6.61 Å². The zero-order valence-electron chi connectivity index (χ0n) is 10.4. The molecule has 0 aromatic rings. The summed E-state index contributed by atoms with van der Waals surface area (Å²) in [6, 6.07) is 0.773. The first-order valence-corrected chi connectivity index (χ1v) is 5.82. The van der Waals surface area contributed by atoms with Crippen LogP contribution in [0.2, 0.25) is 0 Å². The van der Waals surface area contributed by atoms with Crippen LogP contribution in [0, 0.1) is 11.8 Å². The van der Waals surface area contributed by atoms with Crippen LogP contribution in [0.1, 0.15) is 47.5 Å². The molecule has 0 aromatic carbocycles. The van der Waals surface area contributed by atoms with E-state index in [2.05, 4.69) is 39.9 Å². The van der Waals surface area contributed by atoms with Gasteiger partial charge in [0.1, 0.15) is 0 Å². The van der Waals surface area contributed by atoms with Crippen LogP contribution in [-0.2, 0) is 0 Å². The SMILES string of the molecule is CC(C)C[C@H](CO)N[C@@H](C)CC(C)C. The van der Waals surface area contributed by atoms with E-state index in [1.165, 1.54) is 6.42 Å². The molecule has 0 heterocycles. The predicted molar refractivity (Wildman–Crippen MR) is 62.4 cm³/mol. The van der Waals surface area contributed by atoms with Gasteiger partial charge in [-0.05, 0) is 31.6 Å². The molecular weight excluding hydrogens is 174 g/mol. The van der Waals surface area contributed by atoms with E-state index in [1.54, 1.807) is 0 Å². The van der Waals surface area contributed by atoms with Gasteiger partial charge in [0.05, 0.1) is 6.61 Å². The molecule has 86 valence electrons. The van der Waals surface area contributed by atoms with Crippen molar-refractivity contribution < 1.29 is 5.11 Å². The standard InChI is InChI=1S/C12H27NO/c1-9(2)6-11(5)13-12(8-14)7-10(3)4/h9-14H,6-8H2,1-5H3/t11-,12+/m0/s1. The van der Waals surface area contributed by atoms with Gasteiger partial charge >= 0.3 is 0 Å². The van der Waals surface area contributed by atoms with E-state index in [0.717, 1.165) is 12.3 Å². The fraction of sp³-hybridized carbons (Fsp3) is 1.00. The van der Waals surface area contributed by atoms with Crippen LogP contribution in [0.25, 0.3) is 0 Å². The Morgan fingerprint density at radius 2 is 1.43 bits per heavy atom. The van der Waals surface area contributed by atoms with Gasteiger partial charge < -0.3 is 10.4 Å². The Morgan fingerprint density at radius 1 is 0.929 bits per heavy atom. The largest absolute Gasteiger partial charge is 0.395 e. The van der Waals surface area contributed by atoms with Gasteiger partial charge in [-0.3, -0.25) is 0 Å². The molecule has 2 heteroatoms. The molecule has 0 unspecified atom stereocenters. The molecule has 0 spiro atoms. The Labute approximate surface area is 89.1 Å². The van der Waals surface area contributed by atoms with Crippen LogP contribution in [0.4, 0.5) is 0 Å². The minimum Gasteiger partial charge on any atom is -0.395 e. The number of hydrogen-bond acceptors (Lipinski definition) is 2. The summed E-state index contributed by atoms with van der Waals surface area (Å²) in [7, 11) is 0. The Kier molecular flexibility index (Phi) is 7.20. The lowest BCUT2D eigenvalue weighted by atomic mass is 10.0. The lowest BCUT2D eigenvalue weighted by molar-refractivity contribution is 0.210. The highest BCUT2D eigenvalue weighted by Gasteiger charge is 2.13. The second kappa shape index (κ2) is 7.24. The normalized spacial score (nSPS) is 16.3. The van der Waals surface area contributed by atoms with Crippen LogP contribution in [0.15, 0.2) is 0 Å². The molecule has 2 N–H and O–H groups in total. The summed E-state index contributed by atoms with van der Waals surface area (Å²) in [5.74, 6) is 1.36. The first kappa shape index (κ1) is 13.9. The Bertz CT molecular complexity index is 134. The molecule has 0 radical (unpaired) electrons. The Hall–Kier alpha value is -0.0800. The van der Waals surface area contributed by atoms with Crippen molar-refractivity contribution in [2.24, 2.45) is 11.8 Å². The summed E-state index contributed by atoms with van der Waals surface area (Å²) in [6.45, 7) is 11.3. The third-order valence-corrected chi connectivity index (χ3v) is 2.32. The summed E-state index contributed by atoms with van der Waals surface area (Å²) in [5, 5.41) is 12.7. The average Bonchev–Trinajstić information content (AvgIpc) is 2.00. The third kappa shape index (κ3) is 7.34. The zero-order valence-corrected chi connectivity index (χ0v) is 10.4. The van der Waals surface area contributed by atoms with E-state index in [4.69, 9.17) is 0 Å². The molecule has 2 atom stereocenters. The van der Waals surface area contributed by atoms with E-state index in [9.17, 15) is 5.11 Å². The molecule has 2 nitrogen and oxygen atoms in total. The van der Waals surface area contributed by atoms with Gasteiger partial charge in [-0.2, -0.15) is 0 Å². The molecule has 14 heavy (non-hydrogen) atoms. The number of aliphatic hydroxyl groups excluding tert-OH is 1. The maximum absolute atomic E-state index is 9.20. The van der Waals surface area contributed by atoms with Gasteiger partial charge in [0.15, 0.2) is 0 Å². The van der Waals surface area contributed by atoms with Gasteiger partial charge in [-0.1, -0.05) is 27.7 Å². The maximum atomic E-state index is 9.20. The zero-order chi connectivity index (χ0) is 11.1. The monoisotopic (exact) mass is 201 g/mol. The molecule has 0 rings (SSSR count). The van der Waals surface area contributed by atoms with E-state index >= 15 is 0 Å². The second-order valence-electron chi connectivity index (χ2n) is 5.21. The van der Waals surface area contributed by atoms with Gasteiger partial charge in [0.2, 0.25) is 0 Å². The first-order chi connectivity index (χ1) is 6.45. The smallest absolute Gasteiger partial charge is 0.0584 e. The summed E-state index contributed by atoms with van der Waals surface area (Å²) in [6.07, 6.45) is 2.23. The summed E-state index contributed by atoms with van der Waals surface area (Å²) >= 11 is 0. The molecule has 0 aliphatic heterocycles. The molecule has 0 fully saturated rings. The highest BCUT2D eigenvalue weighted by molar-refractivity contribution is 4.72. The van der Waals surface area contributed by atoms with Gasteiger partial charge in [-0.25, -0.2) is 0 Å². The quantitative estimate of drug-likeness (QED) is 0.663. The molecule has 0 amide bonds. The van der Waals surface area contributed by atoms with Crippen molar-refractivity contribution in [3.05, 3.63) is 0 Å². The number of nitrogens with one attached hydrogen (secondary N) is 1. The van der Waals surface area contributed by atoms with Crippen molar-refractivity contribution in [3.8, 4) is 0 Å². The van der Waals surface area contributed by atoms with Crippen molar-refractivity contribution in [1.82, 2.24) is 5.32 Å². The maximum Gasteiger partial charge on any atom is 0.0584 e. The van der Waals surface area contributed by atoms with E-state index < -0.39 is 0 Å². The highest BCUT2D eigenvalue weighted by Crippen LogP contribution is 2.08. The number of aliphatic hydroxyl groups is 1. The van der Waals surface area contributed by atoms with E-state index in [0.29, 0.717) is 12.0 Å². The molecule has 0 saturated carbocycles.